The zero-order chi connectivity index (χ0) is 20.1. The van der Waals surface area contributed by atoms with Crippen LogP contribution in [0, 0.1) is 11.8 Å². The fourth-order valence-electron chi connectivity index (χ4n) is 3.89. The number of nitrogens with zero attached hydrogens (tertiary/aromatic N) is 2. The third-order valence-electron chi connectivity index (χ3n) is 5.55. The lowest BCUT2D eigenvalue weighted by atomic mass is 9.81. The second-order valence-electron chi connectivity index (χ2n) is 7.50. The Balaban J connectivity index is 1.30. The number of para-hydroxylation sites is 1. The molecular formula is C23H24N4O2. The van der Waals surface area contributed by atoms with E-state index in [9.17, 15) is 9.59 Å². The van der Waals surface area contributed by atoms with Gasteiger partial charge in [0.1, 0.15) is 0 Å². The molecule has 0 unspecified atom stereocenters. The number of hydrogen-bond acceptors (Lipinski definition) is 4. The number of aromatic nitrogens is 2. The summed E-state index contributed by atoms with van der Waals surface area (Å²) in [6, 6.07) is 13.4. The molecule has 1 aromatic carbocycles. The van der Waals surface area contributed by atoms with Crippen LogP contribution < -0.4 is 10.6 Å². The molecule has 0 aliphatic heterocycles. The van der Waals surface area contributed by atoms with Crippen LogP contribution in [0.4, 0.5) is 5.69 Å². The van der Waals surface area contributed by atoms with Gasteiger partial charge in [-0.05, 0) is 49.4 Å². The van der Waals surface area contributed by atoms with E-state index < -0.39 is 0 Å². The summed E-state index contributed by atoms with van der Waals surface area (Å²) in [6.45, 7) is 0.487. The highest BCUT2D eigenvalue weighted by Gasteiger charge is 2.30. The first kappa shape index (κ1) is 19.1. The van der Waals surface area contributed by atoms with Crippen LogP contribution >= 0.6 is 0 Å². The molecule has 0 radical (unpaired) electrons. The van der Waals surface area contributed by atoms with Crippen molar-refractivity contribution < 1.29 is 9.59 Å². The van der Waals surface area contributed by atoms with Gasteiger partial charge in [-0.1, -0.05) is 24.3 Å². The van der Waals surface area contributed by atoms with Crippen LogP contribution in [0.1, 0.15) is 31.2 Å². The smallest absolute Gasteiger partial charge is 0.227 e. The Labute approximate surface area is 169 Å². The highest BCUT2D eigenvalue weighted by Crippen LogP contribution is 2.30. The number of anilines is 1. The number of rotatable bonds is 5. The Hall–Kier alpha value is -3.28. The van der Waals surface area contributed by atoms with Crippen molar-refractivity contribution in [2.45, 2.75) is 32.2 Å². The molecule has 2 aromatic heterocycles. The maximum absolute atomic E-state index is 12.8. The predicted octanol–water partition coefficient (Wildman–Crippen LogP) is 3.69. The van der Waals surface area contributed by atoms with Crippen molar-refractivity contribution in [2.24, 2.45) is 11.8 Å². The number of amides is 2. The largest absolute Gasteiger partial charge is 0.352 e. The van der Waals surface area contributed by atoms with Crippen molar-refractivity contribution >= 4 is 28.4 Å². The SMILES string of the molecule is O=C(NCc1cccnc1)C1CCC(C(=O)Nc2cccc3cccnc23)CC1. The summed E-state index contributed by atoms with van der Waals surface area (Å²) in [5.74, 6) is -0.0328. The van der Waals surface area contributed by atoms with E-state index in [1.807, 2.05) is 42.5 Å². The number of fused-ring (bicyclic) bond motifs is 1. The van der Waals surface area contributed by atoms with E-state index in [1.165, 1.54) is 0 Å². The van der Waals surface area contributed by atoms with Crippen LogP contribution in [-0.2, 0) is 16.1 Å². The molecule has 2 heterocycles. The van der Waals surface area contributed by atoms with Gasteiger partial charge in [0.05, 0.1) is 11.2 Å². The van der Waals surface area contributed by atoms with Crippen LogP contribution in [0.25, 0.3) is 10.9 Å². The summed E-state index contributed by atoms with van der Waals surface area (Å²) in [4.78, 5) is 33.6. The molecule has 6 nitrogen and oxygen atoms in total. The Morgan fingerprint density at radius 3 is 2.38 bits per heavy atom. The van der Waals surface area contributed by atoms with Gasteiger partial charge in [0.25, 0.3) is 0 Å². The number of carbonyl (C=O) groups is 2. The summed E-state index contributed by atoms with van der Waals surface area (Å²) in [5, 5.41) is 7.02. The molecule has 0 saturated heterocycles. The van der Waals surface area contributed by atoms with Crippen LogP contribution in [0.3, 0.4) is 0 Å². The van der Waals surface area contributed by atoms with Gasteiger partial charge >= 0.3 is 0 Å². The van der Waals surface area contributed by atoms with E-state index in [1.54, 1.807) is 18.6 Å². The standard InChI is InChI=1S/C23H24N4O2/c28-22(26-15-16-4-2-12-24-14-16)18-8-10-19(11-9-18)23(29)27-20-7-1-5-17-6-3-13-25-21(17)20/h1-7,12-14,18-19H,8-11,15H2,(H,26,28)(H,27,29). The Morgan fingerprint density at radius 1 is 0.897 bits per heavy atom. The molecule has 29 heavy (non-hydrogen) atoms. The van der Waals surface area contributed by atoms with E-state index in [0.717, 1.165) is 47.8 Å². The third kappa shape index (κ3) is 4.59. The molecule has 2 N–H and O–H groups in total. The Kier molecular flexibility index (Phi) is 5.79. The van der Waals surface area contributed by atoms with Crippen molar-refractivity contribution in [1.82, 2.24) is 15.3 Å². The monoisotopic (exact) mass is 388 g/mol. The van der Waals surface area contributed by atoms with Crippen LogP contribution in [0.15, 0.2) is 61.1 Å². The first-order valence-corrected chi connectivity index (χ1v) is 10.0. The van der Waals surface area contributed by atoms with Gasteiger partial charge in [0.15, 0.2) is 0 Å². The highest BCUT2D eigenvalue weighted by molar-refractivity contribution is 6.01. The molecule has 0 spiro atoms. The van der Waals surface area contributed by atoms with Crippen molar-refractivity contribution in [2.75, 3.05) is 5.32 Å². The molecule has 1 fully saturated rings. The van der Waals surface area contributed by atoms with Gasteiger partial charge in [-0.15, -0.1) is 0 Å². The topological polar surface area (TPSA) is 84.0 Å². The molecule has 1 saturated carbocycles. The summed E-state index contributed by atoms with van der Waals surface area (Å²) < 4.78 is 0. The summed E-state index contributed by atoms with van der Waals surface area (Å²) in [7, 11) is 0. The first-order valence-electron chi connectivity index (χ1n) is 10.0. The second kappa shape index (κ2) is 8.82. The molecule has 1 aliphatic rings. The molecule has 4 rings (SSSR count). The molecule has 0 atom stereocenters. The van der Waals surface area contributed by atoms with Crippen molar-refractivity contribution in [3.8, 4) is 0 Å². The molecular weight excluding hydrogens is 364 g/mol. The van der Waals surface area contributed by atoms with Crippen LogP contribution in [0.2, 0.25) is 0 Å². The lowest BCUT2D eigenvalue weighted by Crippen LogP contribution is -2.35. The van der Waals surface area contributed by atoms with E-state index in [0.29, 0.717) is 6.54 Å². The van der Waals surface area contributed by atoms with Gasteiger partial charge in [-0.25, -0.2) is 0 Å². The average Bonchev–Trinajstić information content (AvgIpc) is 2.78. The van der Waals surface area contributed by atoms with Crippen molar-refractivity contribution in [3.63, 3.8) is 0 Å². The fraction of sp³-hybridized carbons (Fsp3) is 0.304. The van der Waals surface area contributed by atoms with Gasteiger partial charge in [0.2, 0.25) is 11.8 Å². The maximum atomic E-state index is 12.8. The van der Waals surface area contributed by atoms with E-state index in [-0.39, 0.29) is 23.7 Å². The van der Waals surface area contributed by atoms with Gasteiger partial charge in [-0.3, -0.25) is 19.6 Å². The minimum Gasteiger partial charge on any atom is -0.352 e. The molecule has 3 aromatic rings. The van der Waals surface area contributed by atoms with E-state index in [2.05, 4.69) is 20.6 Å². The van der Waals surface area contributed by atoms with Gasteiger partial charge in [-0.2, -0.15) is 0 Å². The Morgan fingerprint density at radius 2 is 1.62 bits per heavy atom. The lowest BCUT2D eigenvalue weighted by molar-refractivity contribution is -0.128. The number of pyridine rings is 2. The number of benzene rings is 1. The van der Waals surface area contributed by atoms with Gasteiger partial charge in [0, 0.05) is 42.4 Å². The minimum atomic E-state index is -0.0728. The van der Waals surface area contributed by atoms with E-state index >= 15 is 0 Å². The maximum Gasteiger partial charge on any atom is 0.227 e. The number of nitrogens with one attached hydrogen (secondary N) is 2. The quantitative estimate of drug-likeness (QED) is 0.698. The highest BCUT2D eigenvalue weighted by atomic mass is 16.2. The Bertz CT molecular complexity index is 993. The van der Waals surface area contributed by atoms with Gasteiger partial charge < -0.3 is 10.6 Å². The number of hydrogen-bond donors (Lipinski definition) is 2. The normalized spacial score (nSPS) is 18.9. The summed E-state index contributed by atoms with van der Waals surface area (Å²) in [6.07, 6.45) is 8.09. The van der Waals surface area contributed by atoms with E-state index in [4.69, 9.17) is 0 Å². The van der Waals surface area contributed by atoms with Crippen molar-refractivity contribution in [1.29, 1.82) is 0 Å². The molecule has 0 bridgehead atoms. The molecule has 148 valence electrons. The minimum absolute atomic E-state index is 0.0115. The zero-order valence-corrected chi connectivity index (χ0v) is 16.2. The third-order valence-corrected chi connectivity index (χ3v) is 5.55. The fourth-order valence-corrected chi connectivity index (χ4v) is 3.89. The van der Waals surface area contributed by atoms with Crippen LogP contribution in [-0.4, -0.2) is 21.8 Å². The number of carbonyl (C=O) groups excluding carboxylic acids is 2. The summed E-state index contributed by atoms with van der Waals surface area (Å²) in [5.41, 5.74) is 2.52. The summed E-state index contributed by atoms with van der Waals surface area (Å²) >= 11 is 0. The molecule has 2 amide bonds. The molecule has 1 aliphatic carbocycles. The average molecular weight is 388 g/mol. The molecule has 6 heteroatoms. The van der Waals surface area contributed by atoms with Crippen molar-refractivity contribution in [3.05, 3.63) is 66.6 Å². The van der Waals surface area contributed by atoms with Crippen LogP contribution in [0.5, 0.6) is 0 Å². The second-order valence-corrected chi connectivity index (χ2v) is 7.50. The predicted molar refractivity (Wildman–Crippen MR) is 112 cm³/mol. The lowest BCUT2D eigenvalue weighted by Gasteiger charge is -2.27. The zero-order valence-electron chi connectivity index (χ0n) is 16.2. The first-order chi connectivity index (χ1) is 14.2.